The van der Waals surface area contributed by atoms with Crippen LogP contribution in [0.1, 0.15) is 12.0 Å². The molecule has 0 bridgehead atoms. The zero-order valence-electron chi connectivity index (χ0n) is 13.0. The molecule has 5 heteroatoms. The van der Waals surface area contributed by atoms with Crippen LogP contribution in [-0.4, -0.2) is 19.0 Å². The lowest BCUT2D eigenvalue weighted by atomic mass is 10.1. The van der Waals surface area contributed by atoms with Crippen LogP contribution in [0, 0.1) is 12.8 Å². The molecule has 2 aromatic rings. The first kappa shape index (κ1) is 17.3. The van der Waals surface area contributed by atoms with Gasteiger partial charge in [0.15, 0.2) is 5.75 Å². The van der Waals surface area contributed by atoms with Crippen molar-refractivity contribution < 1.29 is 9.53 Å². The fraction of sp³-hybridized carbons (Fsp3) is 0.278. The molecule has 3 rings (SSSR count). The van der Waals surface area contributed by atoms with E-state index in [4.69, 9.17) is 4.74 Å². The van der Waals surface area contributed by atoms with Crippen LogP contribution in [0.4, 0.5) is 5.69 Å². The van der Waals surface area contributed by atoms with Crippen molar-refractivity contribution in [2.75, 3.05) is 18.4 Å². The first-order chi connectivity index (χ1) is 10.7. The molecule has 1 aliphatic heterocycles. The Bertz CT molecular complexity index is 652. The first-order valence-corrected chi connectivity index (χ1v) is 7.57. The van der Waals surface area contributed by atoms with E-state index in [-0.39, 0.29) is 24.2 Å². The Balaban J connectivity index is 0.00000192. The summed E-state index contributed by atoms with van der Waals surface area (Å²) in [5.41, 5.74) is 1.89. The number of halogens is 1. The zero-order valence-corrected chi connectivity index (χ0v) is 13.9. The van der Waals surface area contributed by atoms with E-state index in [0.717, 1.165) is 25.3 Å². The SMILES string of the molecule is Cc1ccc(Oc2ccccc2NC(=O)C2CCNC2)cc1.Cl. The molecule has 23 heavy (non-hydrogen) atoms. The average Bonchev–Trinajstić information content (AvgIpc) is 3.06. The van der Waals surface area contributed by atoms with Gasteiger partial charge in [-0.15, -0.1) is 12.4 Å². The van der Waals surface area contributed by atoms with E-state index in [1.165, 1.54) is 5.56 Å². The van der Waals surface area contributed by atoms with Crippen molar-refractivity contribution in [2.24, 2.45) is 5.92 Å². The van der Waals surface area contributed by atoms with Gasteiger partial charge in [-0.25, -0.2) is 0 Å². The first-order valence-electron chi connectivity index (χ1n) is 7.57. The van der Waals surface area contributed by atoms with Gasteiger partial charge in [0, 0.05) is 6.54 Å². The van der Waals surface area contributed by atoms with Crippen molar-refractivity contribution in [3.63, 3.8) is 0 Å². The second-order valence-corrected chi connectivity index (χ2v) is 5.59. The number of carbonyl (C=O) groups is 1. The molecule has 1 atom stereocenters. The second kappa shape index (κ2) is 7.99. The number of amides is 1. The van der Waals surface area contributed by atoms with Crippen LogP contribution < -0.4 is 15.4 Å². The molecule has 1 saturated heterocycles. The predicted molar refractivity (Wildman–Crippen MR) is 94.5 cm³/mol. The Morgan fingerprint density at radius 2 is 1.91 bits per heavy atom. The number of benzene rings is 2. The van der Waals surface area contributed by atoms with Crippen molar-refractivity contribution in [1.82, 2.24) is 5.32 Å². The molecule has 1 heterocycles. The van der Waals surface area contributed by atoms with Gasteiger partial charge in [-0.1, -0.05) is 29.8 Å². The number of hydrogen-bond donors (Lipinski definition) is 2. The minimum absolute atomic E-state index is 0. The summed E-state index contributed by atoms with van der Waals surface area (Å²) in [5, 5.41) is 6.19. The number of ether oxygens (including phenoxy) is 1. The number of carbonyl (C=O) groups excluding carboxylic acids is 1. The molecular formula is C18H21ClN2O2. The topological polar surface area (TPSA) is 50.4 Å². The largest absolute Gasteiger partial charge is 0.455 e. The summed E-state index contributed by atoms with van der Waals surface area (Å²) in [5.74, 6) is 1.50. The fourth-order valence-electron chi connectivity index (χ4n) is 2.51. The molecule has 1 amide bonds. The summed E-state index contributed by atoms with van der Waals surface area (Å²) in [6, 6.07) is 15.4. The Kier molecular flexibility index (Phi) is 6.02. The third kappa shape index (κ3) is 4.47. The van der Waals surface area contributed by atoms with Crippen molar-refractivity contribution in [1.29, 1.82) is 0 Å². The van der Waals surface area contributed by atoms with E-state index in [9.17, 15) is 4.79 Å². The summed E-state index contributed by atoms with van der Waals surface area (Å²) in [6.07, 6.45) is 0.882. The van der Waals surface area contributed by atoms with E-state index in [1.54, 1.807) is 0 Å². The van der Waals surface area contributed by atoms with Gasteiger partial charge in [0.25, 0.3) is 0 Å². The molecule has 122 valence electrons. The van der Waals surface area contributed by atoms with Crippen LogP contribution in [-0.2, 0) is 4.79 Å². The number of rotatable bonds is 4. The van der Waals surface area contributed by atoms with Crippen LogP contribution in [0.2, 0.25) is 0 Å². The van der Waals surface area contributed by atoms with Gasteiger partial charge in [-0.3, -0.25) is 4.79 Å². The third-order valence-electron chi connectivity index (χ3n) is 3.82. The molecule has 2 N–H and O–H groups in total. The minimum Gasteiger partial charge on any atom is -0.455 e. The number of nitrogens with one attached hydrogen (secondary N) is 2. The van der Waals surface area contributed by atoms with E-state index in [0.29, 0.717) is 11.4 Å². The van der Waals surface area contributed by atoms with Gasteiger partial charge in [-0.2, -0.15) is 0 Å². The van der Waals surface area contributed by atoms with Crippen LogP contribution in [0.3, 0.4) is 0 Å². The molecule has 0 aliphatic carbocycles. The summed E-state index contributed by atoms with van der Waals surface area (Å²) in [7, 11) is 0. The van der Waals surface area contributed by atoms with E-state index in [1.807, 2.05) is 55.5 Å². The number of para-hydroxylation sites is 2. The van der Waals surface area contributed by atoms with Gasteiger partial charge < -0.3 is 15.4 Å². The van der Waals surface area contributed by atoms with Crippen molar-refractivity contribution >= 4 is 24.0 Å². The van der Waals surface area contributed by atoms with Crippen LogP contribution in [0.15, 0.2) is 48.5 Å². The molecule has 2 aromatic carbocycles. The van der Waals surface area contributed by atoms with E-state index >= 15 is 0 Å². The molecule has 0 radical (unpaired) electrons. The molecule has 0 aromatic heterocycles. The highest BCUT2D eigenvalue weighted by Crippen LogP contribution is 2.30. The maximum absolute atomic E-state index is 12.3. The van der Waals surface area contributed by atoms with E-state index < -0.39 is 0 Å². The molecule has 1 aliphatic rings. The Hall–Kier alpha value is -2.04. The van der Waals surface area contributed by atoms with E-state index in [2.05, 4.69) is 10.6 Å². The Morgan fingerprint density at radius 3 is 2.61 bits per heavy atom. The monoisotopic (exact) mass is 332 g/mol. The van der Waals surface area contributed by atoms with Gasteiger partial charge in [0.05, 0.1) is 11.6 Å². The van der Waals surface area contributed by atoms with Crippen molar-refractivity contribution in [3.8, 4) is 11.5 Å². The highest BCUT2D eigenvalue weighted by atomic mass is 35.5. The van der Waals surface area contributed by atoms with Crippen LogP contribution in [0.25, 0.3) is 0 Å². The quantitative estimate of drug-likeness (QED) is 0.896. The zero-order chi connectivity index (χ0) is 15.4. The van der Waals surface area contributed by atoms with Gasteiger partial charge in [-0.05, 0) is 44.2 Å². The van der Waals surface area contributed by atoms with Gasteiger partial charge in [0.2, 0.25) is 5.91 Å². The molecular weight excluding hydrogens is 312 g/mol. The lowest BCUT2D eigenvalue weighted by molar-refractivity contribution is -0.119. The van der Waals surface area contributed by atoms with Gasteiger partial charge >= 0.3 is 0 Å². The second-order valence-electron chi connectivity index (χ2n) is 5.59. The summed E-state index contributed by atoms with van der Waals surface area (Å²) in [4.78, 5) is 12.3. The van der Waals surface area contributed by atoms with Crippen LogP contribution in [0.5, 0.6) is 11.5 Å². The predicted octanol–water partition coefficient (Wildman–Crippen LogP) is 3.76. The summed E-state index contributed by atoms with van der Waals surface area (Å²) < 4.78 is 5.90. The molecule has 0 saturated carbocycles. The average molecular weight is 333 g/mol. The summed E-state index contributed by atoms with van der Waals surface area (Å²) in [6.45, 7) is 3.68. The number of anilines is 1. The third-order valence-corrected chi connectivity index (χ3v) is 3.82. The molecule has 4 nitrogen and oxygen atoms in total. The normalized spacial score (nSPS) is 16.5. The highest BCUT2D eigenvalue weighted by Gasteiger charge is 2.23. The Labute approximate surface area is 142 Å². The van der Waals surface area contributed by atoms with Crippen LogP contribution >= 0.6 is 12.4 Å². The van der Waals surface area contributed by atoms with Gasteiger partial charge in [0.1, 0.15) is 5.75 Å². The lowest BCUT2D eigenvalue weighted by Crippen LogP contribution is -2.24. The Morgan fingerprint density at radius 1 is 1.17 bits per heavy atom. The highest BCUT2D eigenvalue weighted by molar-refractivity contribution is 5.94. The fourth-order valence-corrected chi connectivity index (χ4v) is 2.51. The summed E-state index contributed by atoms with van der Waals surface area (Å²) >= 11 is 0. The smallest absolute Gasteiger partial charge is 0.228 e. The van der Waals surface area contributed by atoms with Crippen molar-refractivity contribution in [2.45, 2.75) is 13.3 Å². The lowest BCUT2D eigenvalue weighted by Gasteiger charge is -2.14. The minimum atomic E-state index is 0. The molecule has 0 spiro atoms. The number of aryl methyl sites for hydroxylation is 1. The molecule has 1 unspecified atom stereocenters. The van der Waals surface area contributed by atoms with Crippen molar-refractivity contribution in [3.05, 3.63) is 54.1 Å². The number of hydrogen-bond acceptors (Lipinski definition) is 3. The maximum atomic E-state index is 12.3. The standard InChI is InChI=1S/C18H20N2O2.ClH/c1-13-6-8-15(9-7-13)22-17-5-3-2-4-16(17)20-18(21)14-10-11-19-12-14;/h2-9,14,19H,10-12H2,1H3,(H,20,21);1H. The molecule has 1 fully saturated rings. The maximum Gasteiger partial charge on any atom is 0.228 e.